The molecule has 0 bridgehead atoms. The summed E-state index contributed by atoms with van der Waals surface area (Å²) in [6.45, 7) is 0.825. The van der Waals surface area contributed by atoms with Crippen molar-refractivity contribution in [3.8, 4) is 50.2 Å². The highest BCUT2D eigenvalue weighted by molar-refractivity contribution is 6.22. The molecule has 276 valence electrons. The van der Waals surface area contributed by atoms with E-state index in [1.165, 1.54) is 104 Å². The van der Waals surface area contributed by atoms with E-state index >= 15 is 0 Å². The highest BCUT2D eigenvalue weighted by Crippen LogP contribution is 2.45. The summed E-state index contributed by atoms with van der Waals surface area (Å²) in [4.78, 5) is 0. The van der Waals surface area contributed by atoms with Gasteiger partial charge in [0, 0.05) is 23.2 Å². The van der Waals surface area contributed by atoms with Gasteiger partial charge in [0.15, 0.2) is 0 Å². The normalized spacial score (nSPS) is 12.4. The Labute approximate surface area is 342 Å². The average Bonchev–Trinajstić information content (AvgIpc) is 3.64. The molecule has 0 fully saturated rings. The van der Waals surface area contributed by atoms with Crippen LogP contribution in [0, 0.1) is 0 Å². The van der Waals surface area contributed by atoms with E-state index in [4.69, 9.17) is 0 Å². The van der Waals surface area contributed by atoms with Crippen LogP contribution in [0.15, 0.2) is 206 Å². The minimum Gasteiger partial charge on any atom is -0.367 e. The number of rotatable bonds is 5. The number of hydrogen-bond acceptors (Lipinski definition) is 1. The highest BCUT2D eigenvalue weighted by Gasteiger charge is 2.20. The fraction of sp³-hybridized carbons (Fsp3) is 0.0175. The van der Waals surface area contributed by atoms with Crippen LogP contribution in [-0.4, -0.2) is 11.1 Å². The van der Waals surface area contributed by atoms with Gasteiger partial charge in [-0.1, -0.05) is 164 Å². The van der Waals surface area contributed by atoms with Gasteiger partial charge in [-0.3, -0.25) is 4.57 Å². The first kappa shape index (κ1) is 33.5. The molecule has 1 N–H and O–H groups in total. The van der Waals surface area contributed by atoms with Gasteiger partial charge in [0.2, 0.25) is 0 Å². The number of para-hydroxylation sites is 1. The van der Waals surface area contributed by atoms with Crippen LogP contribution in [0.1, 0.15) is 5.56 Å². The Morgan fingerprint density at radius 2 is 0.847 bits per heavy atom. The van der Waals surface area contributed by atoms with Crippen LogP contribution >= 0.6 is 0 Å². The molecule has 0 radical (unpaired) electrons. The van der Waals surface area contributed by atoms with Gasteiger partial charge in [0.25, 0.3) is 0 Å². The SMILES string of the molecule is C1=Cc2c(n(-c3ccccc3)c3ccc(-c4cccc(-c5ccc6cc(-c7c8ccccc8c(-c8ccc9ccccc9c8)c8ccccc78)ccc6c5)c4)cc23)NC1. The van der Waals surface area contributed by atoms with Crippen molar-refractivity contribution < 1.29 is 0 Å². The molecule has 0 saturated carbocycles. The summed E-state index contributed by atoms with van der Waals surface area (Å²) in [5.74, 6) is 1.15. The summed E-state index contributed by atoms with van der Waals surface area (Å²) in [6.07, 6.45) is 4.47. The van der Waals surface area contributed by atoms with Crippen LogP contribution < -0.4 is 5.32 Å². The third-order valence-electron chi connectivity index (χ3n) is 12.3. The van der Waals surface area contributed by atoms with E-state index in [1.54, 1.807) is 0 Å². The third-order valence-corrected chi connectivity index (χ3v) is 12.3. The van der Waals surface area contributed by atoms with Crippen molar-refractivity contribution in [2.75, 3.05) is 11.9 Å². The van der Waals surface area contributed by atoms with Crippen LogP contribution in [0.3, 0.4) is 0 Å². The molecule has 0 unspecified atom stereocenters. The Hall–Kier alpha value is -7.68. The van der Waals surface area contributed by atoms with Crippen LogP contribution in [0.5, 0.6) is 0 Å². The third kappa shape index (κ3) is 5.49. The monoisotopic (exact) mass is 750 g/mol. The number of benzene rings is 10. The molecular weight excluding hydrogens is 713 g/mol. The zero-order valence-corrected chi connectivity index (χ0v) is 32.4. The summed E-state index contributed by atoms with van der Waals surface area (Å²) in [5, 5.41) is 14.9. The summed E-state index contributed by atoms with van der Waals surface area (Å²) in [5.41, 5.74) is 13.5. The van der Waals surface area contributed by atoms with Gasteiger partial charge < -0.3 is 5.32 Å². The van der Waals surface area contributed by atoms with Crippen molar-refractivity contribution in [2.24, 2.45) is 0 Å². The second-order valence-corrected chi connectivity index (χ2v) is 15.7. The quantitative estimate of drug-likeness (QED) is 0.173. The van der Waals surface area contributed by atoms with Crippen molar-refractivity contribution in [1.29, 1.82) is 0 Å². The molecule has 1 aliphatic heterocycles. The Kier molecular flexibility index (Phi) is 7.64. The molecule has 0 spiro atoms. The number of anilines is 1. The number of nitrogens with one attached hydrogen (secondary N) is 1. The fourth-order valence-electron chi connectivity index (χ4n) is 9.57. The zero-order chi connectivity index (χ0) is 38.9. The largest absolute Gasteiger partial charge is 0.367 e. The first-order valence-corrected chi connectivity index (χ1v) is 20.5. The predicted octanol–water partition coefficient (Wildman–Crippen LogP) is 15.3. The lowest BCUT2D eigenvalue weighted by Gasteiger charge is -2.18. The first-order chi connectivity index (χ1) is 29.2. The fourth-order valence-corrected chi connectivity index (χ4v) is 9.57. The van der Waals surface area contributed by atoms with Crippen molar-refractivity contribution in [1.82, 2.24) is 4.57 Å². The maximum Gasteiger partial charge on any atom is 0.119 e. The van der Waals surface area contributed by atoms with Crippen LogP contribution in [0.2, 0.25) is 0 Å². The minimum atomic E-state index is 0.825. The van der Waals surface area contributed by atoms with Gasteiger partial charge in [0.1, 0.15) is 5.82 Å². The lowest BCUT2D eigenvalue weighted by Crippen LogP contribution is -2.08. The van der Waals surface area contributed by atoms with E-state index in [0.29, 0.717) is 0 Å². The van der Waals surface area contributed by atoms with E-state index in [0.717, 1.165) is 18.1 Å². The van der Waals surface area contributed by atoms with Crippen LogP contribution in [0.25, 0.3) is 110 Å². The summed E-state index contributed by atoms with van der Waals surface area (Å²) >= 11 is 0. The van der Waals surface area contributed by atoms with E-state index in [1.807, 2.05) is 0 Å². The van der Waals surface area contributed by atoms with Crippen LogP contribution in [0.4, 0.5) is 5.82 Å². The molecule has 10 aromatic carbocycles. The molecule has 59 heavy (non-hydrogen) atoms. The standard InChI is InChI=1S/C57H38N2/c1-2-16-47(17-3-1)59-54-30-29-44(36-53(54)52-22-11-31-58-57(52)59)40-15-10-14-39(32-40)41-24-25-43-35-46(28-26-42(43)33-41)56-50-20-8-6-18-48(50)55(49-19-7-9-21-51(49)56)45-27-23-37-12-4-5-13-38(37)34-45/h1-30,32-36,58H,31H2. The zero-order valence-electron chi connectivity index (χ0n) is 32.4. The highest BCUT2D eigenvalue weighted by atomic mass is 15.1. The van der Waals surface area contributed by atoms with Crippen LogP contribution in [-0.2, 0) is 0 Å². The molecule has 2 nitrogen and oxygen atoms in total. The van der Waals surface area contributed by atoms with Gasteiger partial charge in [-0.2, -0.15) is 0 Å². The second kappa shape index (κ2) is 13.5. The Morgan fingerprint density at radius 3 is 1.51 bits per heavy atom. The van der Waals surface area contributed by atoms with Gasteiger partial charge in [-0.25, -0.2) is 0 Å². The molecule has 0 aliphatic carbocycles. The van der Waals surface area contributed by atoms with Gasteiger partial charge in [0.05, 0.1) is 5.52 Å². The summed E-state index contributed by atoms with van der Waals surface area (Å²) in [6, 6.07) is 73.8. The molecule has 0 atom stereocenters. The van der Waals surface area contributed by atoms with Crippen molar-refractivity contribution in [2.45, 2.75) is 0 Å². The second-order valence-electron chi connectivity index (χ2n) is 15.7. The van der Waals surface area contributed by atoms with Crippen molar-refractivity contribution in [3.05, 3.63) is 212 Å². The van der Waals surface area contributed by atoms with E-state index in [9.17, 15) is 0 Å². The number of nitrogens with zero attached hydrogens (tertiary/aromatic N) is 1. The summed E-state index contributed by atoms with van der Waals surface area (Å²) in [7, 11) is 0. The Morgan fingerprint density at radius 1 is 0.356 bits per heavy atom. The molecule has 1 aliphatic rings. The number of aromatic nitrogens is 1. The van der Waals surface area contributed by atoms with Gasteiger partial charge >= 0.3 is 0 Å². The molecule has 12 rings (SSSR count). The molecular formula is C57H38N2. The number of hydrogen-bond donors (Lipinski definition) is 1. The molecule has 2 heteroatoms. The first-order valence-electron chi connectivity index (χ1n) is 20.5. The smallest absolute Gasteiger partial charge is 0.119 e. The maximum absolute atomic E-state index is 3.64. The molecule has 1 aromatic heterocycles. The van der Waals surface area contributed by atoms with Gasteiger partial charge in [-0.05, 0) is 136 Å². The molecule has 2 heterocycles. The van der Waals surface area contributed by atoms with E-state index < -0.39 is 0 Å². The Bertz CT molecular complexity index is 3440. The summed E-state index contributed by atoms with van der Waals surface area (Å²) < 4.78 is 2.35. The predicted molar refractivity (Wildman–Crippen MR) is 253 cm³/mol. The molecule has 0 saturated heterocycles. The lowest BCUT2D eigenvalue weighted by molar-refractivity contribution is 1.09. The maximum atomic E-state index is 3.64. The molecule has 0 amide bonds. The van der Waals surface area contributed by atoms with Gasteiger partial charge in [-0.15, -0.1) is 0 Å². The van der Waals surface area contributed by atoms with E-state index in [2.05, 4.69) is 222 Å². The van der Waals surface area contributed by atoms with Crippen molar-refractivity contribution >= 4 is 65.9 Å². The minimum absolute atomic E-state index is 0.825. The lowest BCUT2D eigenvalue weighted by atomic mass is 9.85. The van der Waals surface area contributed by atoms with E-state index in [-0.39, 0.29) is 0 Å². The topological polar surface area (TPSA) is 17.0 Å². The number of fused-ring (bicyclic) bond motifs is 7. The van der Waals surface area contributed by atoms with Crippen molar-refractivity contribution in [3.63, 3.8) is 0 Å². The average molecular weight is 751 g/mol. The Balaban J connectivity index is 0.933. The molecule has 11 aromatic rings.